The summed E-state index contributed by atoms with van der Waals surface area (Å²) in [6.45, 7) is 2.13. The Bertz CT molecular complexity index is 1650. The second kappa shape index (κ2) is 10.3. The summed E-state index contributed by atoms with van der Waals surface area (Å²) in [6.07, 6.45) is 6.09. The summed E-state index contributed by atoms with van der Waals surface area (Å²) >= 11 is 0. The maximum absolute atomic E-state index is 13.2. The number of H-pyrrole nitrogens is 1. The summed E-state index contributed by atoms with van der Waals surface area (Å²) < 4.78 is 0. The number of hydrogen-bond acceptors (Lipinski definition) is 6. The van der Waals surface area contributed by atoms with Crippen LogP contribution in [0.3, 0.4) is 0 Å². The van der Waals surface area contributed by atoms with Crippen LogP contribution in [0.25, 0.3) is 0 Å². The van der Waals surface area contributed by atoms with Crippen molar-refractivity contribution in [1.82, 2.24) is 9.88 Å². The molecule has 0 spiro atoms. The molecule has 4 N–H and O–H groups in total. The Kier molecular flexibility index (Phi) is 6.57. The number of fused-ring (bicyclic) bond motifs is 2. The Morgan fingerprint density at radius 1 is 1.10 bits per heavy atom. The smallest absolute Gasteiger partial charge is 0.300 e. The number of phenolic OH excluding ortho intramolecular Hbond substituents is 1. The predicted octanol–water partition coefficient (Wildman–Crippen LogP) is 3.46. The highest BCUT2D eigenvalue weighted by Gasteiger charge is 2.55. The van der Waals surface area contributed by atoms with Crippen LogP contribution >= 0.6 is 0 Å². The van der Waals surface area contributed by atoms with Gasteiger partial charge in [0, 0.05) is 30.1 Å². The number of nitrogens with zero attached hydrogens (tertiary/aromatic N) is 3. The molecule has 1 aliphatic heterocycles. The van der Waals surface area contributed by atoms with E-state index in [4.69, 9.17) is 5.73 Å². The molecule has 2 bridgehead atoms. The molecule has 0 unspecified atom stereocenters. The Morgan fingerprint density at radius 3 is 2.67 bits per heavy atom. The second-order valence-electron chi connectivity index (χ2n) is 12.6. The molecule has 42 heavy (non-hydrogen) atoms. The molecule has 0 radical (unpaired) electrons. The monoisotopic (exact) mass is 565 g/mol. The molecule has 3 aromatic rings. The van der Waals surface area contributed by atoms with E-state index in [0.29, 0.717) is 18.4 Å². The molecular weight excluding hydrogens is 530 g/mol. The number of carbonyl (C=O) groups excluding carboxylic acids is 2. The molecule has 9 nitrogen and oxygen atoms in total. The van der Waals surface area contributed by atoms with Crippen molar-refractivity contribution in [2.45, 2.75) is 62.4 Å². The fourth-order valence-electron chi connectivity index (χ4n) is 7.73. The first-order valence-corrected chi connectivity index (χ1v) is 14.9. The number of benzene rings is 2. The molecular formula is C33H35N5O4. The van der Waals surface area contributed by atoms with Crippen molar-refractivity contribution >= 4 is 11.8 Å². The van der Waals surface area contributed by atoms with Crippen LogP contribution < -0.4 is 11.3 Å². The zero-order valence-electron chi connectivity index (χ0n) is 23.5. The summed E-state index contributed by atoms with van der Waals surface area (Å²) in [5, 5.41) is 18.2. The van der Waals surface area contributed by atoms with Gasteiger partial charge in [0.05, 0.1) is 0 Å². The summed E-state index contributed by atoms with van der Waals surface area (Å²) in [4.78, 5) is 44.0. The molecule has 7 rings (SSSR count). The van der Waals surface area contributed by atoms with Crippen LogP contribution in [0.1, 0.15) is 57.6 Å². The lowest BCUT2D eigenvalue weighted by Gasteiger charge is -2.59. The van der Waals surface area contributed by atoms with E-state index in [0.717, 1.165) is 55.1 Å². The highest BCUT2D eigenvalue weighted by atomic mass is 16.3. The zero-order valence-corrected chi connectivity index (χ0v) is 23.5. The average Bonchev–Trinajstić information content (AvgIpc) is 3.80. The van der Waals surface area contributed by atoms with Gasteiger partial charge in [-0.1, -0.05) is 36.4 Å². The Morgan fingerprint density at radius 2 is 1.90 bits per heavy atom. The van der Waals surface area contributed by atoms with Crippen LogP contribution in [-0.4, -0.2) is 52.0 Å². The Hall–Kier alpha value is -4.11. The summed E-state index contributed by atoms with van der Waals surface area (Å²) in [6, 6.07) is 16.1. The van der Waals surface area contributed by atoms with Gasteiger partial charge in [-0.05, 0) is 97.4 Å². The normalized spacial score (nSPS) is 25.3. The topological polar surface area (TPSA) is 141 Å². The fraction of sp³-hybridized carbons (Fsp3) is 0.424. The van der Waals surface area contributed by atoms with Crippen molar-refractivity contribution in [3.8, 4) is 5.75 Å². The molecule has 2 amide bonds. The maximum atomic E-state index is 13.2. The zero-order chi connectivity index (χ0) is 29.0. The number of carbonyl (C=O) groups is 2. The van der Waals surface area contributed by atoms with Crippen molar-refractivity contribution in [3.63, 3.8) is 0 Å². The number of aromatic amines is 1. The van der Waals surface area contributed by atoms with Gasteiger partial charge in [-0.3, -0.25) is 19.3 Å². The van der Waals surface area contributed by atoms with Gasteiger partial charge in [-0.15, -0.1) is 5.11 Å². The van der Waals surface area contributed by atoms with Gasteiger partial charge < -0.3 is 15.8 Å². The van der Waals surface area contributed by atoms with Crippen molar-refractivity contribution < 1.29 is 14.7 Å². The van der Waals surface area contributed by atoms with Crippen LogP contribution in [0.4, 0.5) is 0 Å². The number of amides is 2. The molecule has 9 heteroatoms. The van der Waals surface area contributed by atoms with Crippen LogP contribution in [0.15, 0.2) is 69.6 Å². The van der Waals surface area contributed by atoms with Gasteiger partial charge >= 0.3 is 5.91 Å². The number of pyridine rings is 1. The SMILES string of the molecule is NC(=O)[C@H](Cc1ccccc1)N=NC(=O)c1cc2c([nH]c1=O)C[C@]13CCN(CC4CC4)[C@H](Cc4ccc(O)cc41)[C@@H]3C2. The van der Waals surface area contributed by atoms with E-state index in [1.54, 1.807) is 12.1 Å². The molecule has 2 heterocycles. The number of nitrogens with two attached hydrogens (primary N) is 1. The lowest BCUT2D eigenvalue weighted by molar-refractivity contribution is -0.119. The average molecular weight is 566 g/mol. The third kappa shape index (κ3) is 4.75. The number of rotatable bonds is 7. The van der Waals surface area contributed by atoms with E-state index >= 15 is 0 Å². The van der Waals surface area contributed by atoms with Crippen LogP contribution in [0, 0.1) is 11.8 Å². The third-order valence-corrected chi connectivity index (χ3v) is 10.0. The standard InChI is InChI=1S/C33H35N5O4/c34-30(40)27(12-19-4-2-1-3-5-19)36-37-32(42)24-13-22-14-26-29-15-21-8-9-23(39)16-25(21)33(26,17-28(22)35-31(24)41)10-11-38(29)18-20-6-7-20/h1-5,8-9,13,16,20,26-27,29,39H,6-7,10-12,14-15,17-18H2,(H2,34,40)(H,35,41)/t26-,27-,29+,33+/m0/s1. The fourth-order valence-corrected chi connectivity index (χ4v) is 7.73. The van der Waals surface area contributed by atoms with E-state index < -0.39 is 23.4 Å². The van der Waals surface area contributed by atoms with Gasteiger partial charge in [0.1, 0.15) is 11.3 Å². The Balaban J connectivity index is 1.20. The lowest BCUT2D eigenvalue weighted by atomic mass is 9.52. The number of primary amides is 1. The molecule has 2 fully saturated rings. The number of aromatic hydroxyl groups is 1. The first kappa shape index (κ1) is 26.8. The predicted molar refractivity (Wildman–Crippen MR) is 156 cm³/mol. The van der Waals surface area contributed by atoms with E-state index in [2.05, 4.69) is 26.2 Å². The van der Waals surface area contributed by atoms with Crippen molar-refractivity contribution in [2.24, 2.45) is 27.8 Å². The Labute approximate surface area is 243 Å². The molecule has 1 saturated heterocycles. The van der Waals surface area contributed by atoms with Gasteiger partial charge in [-0.25, -0.2) is 0 Å². The van der Waals surface area contributed by atoms with Gasteiger partial charge in [0.2, 0.25) is 5.91 Å². The molecule has 4 aliphatic rings. The molecule has 2 aromatic carbocycles. The number of azo groups is 1. The van der Waals surface area contributed by atoms with E-state index in [1.165, 1.54) is 24.0 Å². The molecule has 1 saturated carbocycles. The second-order valence-corrected chi connectivity index (χ2v) is 12.6. The molecule has 216 valence electrons. The van der Waals surface area contributed by atoms with Crippen molar-refractivity contribution in [3.05, 3.63) is 98.5 Å². The summed E-state index contributed by atoms with van der Waals surface area (Å²) in [5.41, 5.74) is 9.89. The highest BCUT2D eigenvalue weighted by molar-refractivity contribution is 5.94. The summed E-state index contributed by atoms with van der Waals surface area (Å²) in [5.74, 6) is -0.119. The molecule has 4 atom stereocenters. The lowest BCUT2D eigenvalue weighted by Crippen LogP contribution is -2.63. The number of nitrogens with one attached hydrogen (secondary N) is 1. The van der Waals surface area contributed by atoms with E-state index in [9.17, 15) is 19.5 Å². The number of piperidine rings is 1. The number of phenols is 1. The van der Waals surface area contributed by atoms with Crippen molar-refractivity contribution in [1.29, 1.82) is 0 Å². The van der Waals surface area contributed by atoms with Crippen LogP contribution in [0.5, 0.6) is 5.75 Å². The van der Waals surface area contributed by atoms with Crippen LogP contribution in [0.2, 0.25) is 0 Å². The minimum absolute atomic E-state index is 0.0785. The van der Waals surface area contributed by atoms with Gasteiger partial charge in [0.25, 0.3) is 5.56 Å². The summed E-state index contributed by atoms with van der Waals surface area (Å²) in [7, 11) is 0. The molecule has 1 aromatic heterocycles. The quantitative estimate of drug-likeness (QED) is 0.376. The number of hydrogen-bond donors (Lipinski definition) is 3. The first-order valence-electron chi connectivity index (χ1n) is 14.9. The third-order valence-electron chi connectivity index (χ3n) is 10.0. The largest absolute Gasteiger partial charge is 0.508 e. The number of likely N-dealkylation sites (tertiary alicyclic amines) is 1. The minimum Gasteiger partial charge on any atom is -0.508 e. The maximum Gasteiger partial charge on any atom is 0.300 e. The van der Waals surface area contributed by atoms with Gasteiger partial charge in [-0.2, -0.15) is 5.11 Å². The van der Waals surface area contributed by atoms with Gasteiger partial charge in [0.15, 0.2) is 6.04 Å². The van der Waals surface area contributed by atoms with Crippen molar-refractivity contribution in [2.75, 3.05) is 13.1 Å². The van der Waals surface area contributed by atoms with Crippen LogP contribution in [-0.2, 0) is 35.9 Å². The first-order chi connectivity index (χ1) is 20.3. The number of aromatic nitrogens is 1. The van der Waals surface area contributed by atoms with E-state index in [1.807, 2.05) is 36.4 Å². The molecule has 3 aliphatic carbocycles. The minimum atomic E-state index is -1.01. The van der Waals surface area contributed by atoms with E-state index in [-0.39, 0.29) is 23.1 Å². The highest BCUT2D eigenvalue weighted by Crippen LogP contribution is 2.55.